The van der Waals surface area contributed by atoms with Crippen molar-refractivity contribution in [3.05, 3.63) is 52.6 Å². The largest absolute Gasteiger partial charge is 0.338 e. The van der Waals surface area contributed by atoms with Crippen molar-refractivity contribution in [3.63, 3.8) is 0 Å². The molecule has 0 aliphatic heterocycles. The molecule has 1 aliphatic rings. The van der Waals surface area contributed by atoms with E-state index < -0.39 is 0 Å². The Morgan fingerprint density at radius 1 is 1.05 bits per heavy atom. The average Bonchev–Trinajstić information content (AvgIpc) is 2.94. The third kappa shape index (κ3) is 2.58. The molecule has 6 heteroatoms. The van der Waals surface area contributed by atoms with Crippen LogP contribution in [0.5, 0.6) is 0 Å². The molecule has 1 aromatic carbocycles. The minimum absolute atomic E-state index is 0. The van der Waals surface area contributed by atoms with E-state index in [1.165, 1.54) is 0 Å². The van der Waals surface area contributed by atoms with Crippen LogP contribution in [0.2, 0.25) is 0 Å². The van der Waals surface area contributed by atoms with Crippen LogP contribution in [0, 0.1) is 0 Å². The van der Waals surface area contributed by atoms with Gasteiger partial charge in [0, 0.05) is 11.1 Å². The number of hydrogen-bond acceptors (Lipinski definition) is 4. The van der Waals surface area contributed by atoms with E-state index in [0.717, 1.165) is 13.1 Å². The second-order valence-corrected chi connectivity index (χ2v) is 5.07. The maximum Gasteiger partial charge on any atom is 0.214 e. The normalized spacial score (nSPS) is 12.9. The average molecular weight is 320 g/mol. The SMILES string of the molecule is CCN(CC)Cc1nc2c([nH]1)C(=O)c1ccccc1C2=O.Cl. The number of aromatic nitrogens is 2. The second kappa shape index (κ2) is 6.42. The molecule has 0 bridgehead atoms. The summed E-state index contributed by atoms with van der Waals surface area (Å²) in [6, 6.07) is 6.89. The van der Waals surface area contributed by atoms with Gasteiger partial charge in [-0.25, -0.2) is 4.98 Å². The molecule has 2 aromatic rings. The molecule has 116 valence electrons. The molecule has 0 unspecified atom stereocenters. The fourth-order valence-corrected chi connectivity index (χ4v) is 2.63. The van der Waals surface area contributed by atoms with Crippen molar-refractivity contribution in [2.75, 3.05) is 13.1 Å². The van der Waals surface area contributed by atoms with Crippen LogP contribution in [0.3, 0.4) is 0 Å². The van der Waals surface area contributed by atoms with Crippen LogP contribution in [-0.2, 0) is 6.54 Å². The molecule has 22 heavy (non-hydrogen) atoms. The van der Waals surface area contributed by atoms with E-state index in [1.54, 1.807) is 24.3 Å². The van der Waals surface area contributed by atoms with Gasteiger partial charge in [0.2, 0.25) is 11.6 Å². The van der Waals surface area contributed by atoms with Crippen LogP contribution >= 0.6 is 12.4 Å². The first-order valence-electron chi connectivity index (χ1n) is 7.15. The van der Waals surface area contributed by atoms with Gasteiger partial charge in [0.05, 0.1) is 6.54 Å². The van der Waals surface area contributed by atoms with Gasteiger partial charge in [-0.05, 0) is 13.1 Å². The van der Waals surface area contributed by atoms with Gasteiger partial charge >= 0.3 is 0 Å². The summed E-state index contributed by atoms with van der Waals surface area (Å²) in [7, 11) is 0. The number of carbonyl (C=O) groups excluding carboxylic acids is 2. The third-order valence-electron chi connectivity index (χ3n) is 3.88. The van der Waals surface area contributed by atoms with Crippen LogP contribution < -0.4 is 0 Å². The summed E-state index contributed by atoms with van der Waals surface area (Å²) < 4.78 is 0. The number of rotatable bonds is 4. The second-order valence-electron chi connectivity index (χ2n) is 5.07. The van der Waals surface area contributed by atoms with Crippen molar-refractivity contribution < 1.29 is 9.59 Å². The Morgan fingerprint density at radius 2 is 1.64 bits per heavy atom. The van der Waals surface area contributed by atoms with Crippen molar-refractivity contribution >= 4 is 24.0 Å². The van der Waals surface area contributed by atoms with Crippen molar-refractivity contribution in [3.8, 4) is 0 Å². The minimum atomic E-state index is -0.178. The number of nitrogens with zero attached hydrogens (tertiary/aromatic N) is 2. The lowest BCUT2D eigenvalue weighted by Crippen LogP contribution is -2.22. The van der Waals surface area contributed by atoms with Crippen LogP contribution in [0.4, 0.5) is 0 Å². The summed E-state index contributed by atoms with van der Waals surface area (Å²) in [4.78, 5) is 34.5. The lowest BCUT2D eigenvalue weighted by molar-refractivity contribution is 0.0974. The number of fused-ring (bicyclic) bond motifs is 2. The Kier molecular flexibility index (Phi) is 4.78. The predicted octanol–water partition coefficient (Wildman–Crippen LogP) is 2.45. The molecule has 0 atom stereocenters. The lowest BCUT2D eigenvalue weighted by atomic mass is 9.90. The molecule has 1 N–H and O–H groups in total. The van der Waals surface area contributed by atoms with Crippen LogP contribution in [-0.4, -0.2) is 39.5 Å². The first-order valence-corrected chi connectivity index (χ1v) is 7.15. The molecular weight excluding hydrogens is 302 g/mol. The zero-order valence-corrected chi connectivity index (χ0v) is 13.4. The molecular formula is C16H18ClN3O2. The van der Waals surface area contributed by atoms with E-state index in [2.05, 4.69) is 28.7 Å². The topological polar surface area (TPSA) is 66.1 Å². The molecule has 1 aromatic heterocycles. The predicted molar refractivity (Wildman–Crippen MR) is 85.8 cm³/mol. The highest BCUT2D eigenvalue weighted by Gasteiger charge is 2.32. The number of carbonyl (C=O) groups is 2. The Bertz CT molecular complexity index is 667. The number of H-pyrrole nitrogens is 1. The summed E-state index contributed by atoms with van der Waals surface area (Å²) >= 11 is 0. The molecule has 0 saturated carbocycles. The molecule has 0 radical (unpaired) electrons. The highest BCUT2D eigenvalue weighted by molar-refractivity contribution is 6.27. The Labute approximate surface area is 135 Å². The minimum Gasteiger partial charge on any atom is -0.338 e. The van der Waals surface area contributed by atoms with Crippen LogP contribution in [0.15, 0.2) is 24.3 Å². The fraction of sp³-hybridized carbons (Fsp3) is 0.312. The molecule has 1 aliphatic carbocycles. The summed E-state index contributed by atoms with van der Waals surface area (Å²) in [6.45, 7) is 6.53. The van der Waals surface area contributed by atoms with E-state index in [0.29, 0.717) is 29.2 Å². The summed E-state index contributed by atoms with van der Waals surface area (Å²) in [5, 5.41) is 0. The van der Waals surface area contributed by atoms with Crippen LogP contribution in [0.25, 0.3) is 0 Å². The van der Waals surface area contributed by atoms with Crippen molar-refractivity contribution in [1.82, 2.24) is 14.9 Å². The number of nitrogens with one attached hydrogen (secondary N) is 1. The van der Waals surface area contributed by atoms with Gasteiger partial charge in [-0.15, -0.1) is 12.4 Å². The Morgan fingerprint density at radius 3 is 2.23 bits per heavy atom. The number of halogens is 1. The van der Waals surface area contributed by atoms with Gasteiger partial charge in [0.1, 0.15) is 17.2 Å². The van der Waals surface area contributed by atoms with Gasteiger partial charge in [-0.1, -0.05) is 38.1 Å². The summed E-state index contributed by atoms with van der Waals surface area (Å²) in [5.41, 5.74) is 1.46. The first-order chi connectivity index (χ1) is 10.2. The number of imidazole rings is 1. The van der Waals surface area contributed by atoms with E-state index >= 15 is 0 Å². The van der Waals surface area contributed by atoms with Gasteiger partial charge in [0.25, 0.3) is 0 Å². The Hall–Kier alpha value is -1.98. The molecule has 0 spiro atoms. The van der Waals surface area contributed by atoms with E-state index in [9.17, 15) is 9.59 Å². The van der Waals surface area contributed by atoms with Gasteiger partial charge in [0.15, 0.2) is 0 Å². The quantitative estimate of drug-likeness (QED) is 0.802. The number of ketones is 2. The van der Waals surface area contributed by atoms with Gasteiger partial charge in [-0.2, -0.15) is 0 Å². The third-order valence-corrected chi connectivity index (χ3v) is 3.88. The molecule has 0 saturated heterocycles. The van der Waals surface area contributed by atoms with Crippen molar-refractivity contribution in [2.45, 2.75) is 20.4 Å². The standard InChI is InChI=1S/C16H17N3O2.ClH/c1-3-19(4-2)9-12-17-13-14(18-12)16(21)11-8-6-5-7-10(11)15(13)20;/h5-8H,3-4,9H2,1-2H3,(H,17,18);1H. The maximum absolute atomic E-state index is 12.5. The highest BCUT2D eigenvalue weighted by atomic mass is 35.5. The summed E-state index contributed by atoms with van der Waals surface area (Å²) in [5.74, 6) is 0.332. The zero-order chi connectivity index (χ0) is 15.0. The van der Waals surface area contributed by atoms with E-state index in [1.807, 2.05) is 0 Å². The highest BCUT2D eigenvalue weighted by Crippen LogP contribution is 2.25. The fourth-order valence-electron chi connectivity index (χ4n) is 2.63. The van der Waals surface area contributed by atoms with Gasteiger partial charge < -0.3 is 4.98 Å². The smallest absolute Gasteiger partial charge is 0.214 e. The van der Waals surface area contributed by atoms with Crippen LogP contribution in [0.1, 0.15) is 51.8 Å². The number of hydrogen-bond donors (Lipinski definition) is 1. The molecule has 3 rings (SSSR count). The van der Waals surface area contributed by atoms with E-state index in [-0.39, 0.29) is 29.7 Å². The lowest BCUT2D eigenvalue weighted by Gasteiger charge is -2.15. The molecule has 5 nitrogen and oxygen atoms in total. The van der Waals surface area contributed by atoms with Crippen molar-refractivity contribution in [1.29, 1.82) is 0 Å². The number of aromatic amines is 1. The van der Waals surface area contributed by atoms with Gasteiger partial charge in [-0.3, -0.25) is 14.5 Å². The Balaban J connectivity index is 0.00000176. The number of benzene rings is 1. The van der Waals surface area contributed by atoms with E-state index in [4.69, 9.17) is 0 Å². The molecule has 1 heterocycles. The summed E-state index contributed by atoms with van der Waals surface area (Å²) in [6.07, 6.45) is 0. The molecule has 0 amide bonds. The molecule has 0 fully saturated rings. The van der Waals surface area contributed by atoms with Crippen molar-refractivity contribution in [2.24, 2.45) is 0 Å². The zero-order valence-electron chi connectivity index (χ0n) is 12.5. The first kappa shape index (κ1) is 16.4. The monoisotopic (exact) mass is 319 g/mol. The maximum atomic E-state index is 12.5.